The highest BCUT2D eigenvalue weighted by Gasteiger charge is 2.48. The molecule has 0 unspecified atom stereocenters. The van der Waals surface area contributed by atoms with E-state index in [9.17, 15) is 4.79 Å². The first-order valence-electron chi connectivity index (χ1n) is 11.5. The van der Waals surface area contributed by atoms with Crippen molar-refractivity contribution in [3.63, 3.8) is 0 Å². The maximum Gasteiger partial charge on any atom is 0.272 e. The molecule has 1 N–H and O–H groups in total. The number of carbonyl (C=O) groups excluding carboxylic acids is 1. The van der Waals surface area contributed by atoms with E-state index in [-0.39, 0.29) is 11.8 Å². The zero-order chi connectivity index (χ0) is 19.3. The van der Waals surface area contributed by atoms with E-state index in [0.717, 1.165) is 36.3 Å². The van der Waals surface area contributed by atoms with E-state index in [2.05, 4.69) is 40.3 Å². The number of hydrogen-bond donors (Lipinski definition) is 1. The quantitative estimate of drug-likeness (QED) is 0.850. The number of anilines is 1. The SMILES string of the molecule is CC(C)c1cc(N2CCCCC2)nnc1C(=O)NC1C2CC3CC(C2)CC1C3. The van der Waals surface area contributed by atoms with Crippen LogP contribution in [0, 0.1) is 23.7 Å². The fourth-order valence-electron chi connectivity index (χ4n) is 6.67. The van der Waals surface area contributed by atoms with Gasteiger partial charge in [0.1, 0.15) is 0 Å². The summed E-state index contributed by atoms with van der Waals surface area (Å²) in [7, 11) is 0. The third-order valence-electron chi connectivity index (χ3n) is 7.85. The van der Waals surface area contributed by atoms with E-state index < -0.39 is 0 Å². The molecule has 6 rings (SSSR count). The molecular weight excluding hydrogens is 348 g/mol. The van der Waals surface area contributed by atoms with Crippen molar-refractivity contribution in [1.82, 2.24) is 15.5 Å². The van der Waals surface area contributed by atoms with Gasteiger partial charge in [-0.25, -0.2) is 0 Å². The van der Waals surface area contributed by atoms with Crippen LogP contribution in [0.25, 0.3) is 0 Å². The Morgan fingerprint density at radius 2 is 1.64 bits per heavy atom. The Balaban J connectivity index is 1.35. The average Bonchev–Trinajstić information content (AvgIpc) is 2.70. The number of nitrogens with zero attached hydrogens (tertiary/aromatic N) is 3. The molecule has 2 heterocycles. The molecule has 0 aromatic carbocycles. The Labute approximate surface area is 168 Å². The molecule has 0 radical (unpaired) electrons. The summed E-state index contributed by atoms with van der Waals surface area (Å²) in [6.07, 6.45) is 10.4. The van der Waals surface area contributed by atoms with Crippen molar-refractivity contribution in [2.24, 2.45) is 23.7 Å². The average molecular weight is 383 g/mol. The summed E-state index contributed by atoms with van der Waals surface area (Å²) >= 11 is 0. The van der Waals surface area contributed by atoms with E-state index in [4.69, 9.17) is 0 Å². The van der Waals surface area contributed by atoms with E-state index in [0.29, 0.717) is 23.6 Å². The highest BCUT2D eigenvalue weighted by Crippen LogP contribution is 2.53. The van der Waals surface area contributed by atoms with Crippen LogP contribution in [0.2, 0.25) is 0 Å². The number of amides is 1. The molecule has 1 aromatic heterocycles. The van der Waals surface area contributed by atoms with Gasteiger partial charge in [0.25, 0.3) is 5.91 Å². The molecule has 1 amide bonds. The summed E-state index contributed by atoms with van der Waals surface area (Å²) in [5, 5.41) is 12.3. The molecule has 0 spiro atoms. The van der Waals surface area contributed by atoms with Crippen molar-refractivity contribution >= 4 is 11.7 Å². The van der Waals surface area contributed by atoms with Crippen LogP contribution in [0.1, 0.15) is 87.2 Å². The van der Waals surface area contributed by atoms with Crippen LogP contribution >= 0.6 is 0 Å². The van der Waals surface area contributed by atoms with Gasteiger partial charge in [0.05, 0.1) is 0 Å². The van der Waals surface area contributed by atoms with Crippen LogP contribution in [-0.4, -0.2) is 35.2 Å². The predicted octanol–water partition coefficient (Wildman–Crippen LogP) is 4.14. The van der Waals surface area contributed by atoms with Crippen LogP contribution < -0.4 is 10.2 Å². The molecule has 28 heavy (non-hydrogen) atoms. The Morgan fingerprint density at radius 3 is 2.25 bits per heavy atom. The zero-order valence-corrected chi connectivity index (χ0v) is 17.4. The van der Waals surface area contributed by atoms with E-state index >= 15 is 0 Å². The van der Waals surface area contributed by atoms with Crippen molar-refractivity contribution in [3.8, 4) is 0 Å². The van der Waals surface area contributed by atoms with Gasteiger partial charge in [-0.15, -0.1) is 10.2 Å². The Morgan fingerprint density at radius 1 is 1.00 bits per heavy atom. The lowest BCUT2D eigenvalue weighted by atomic mass is 9.54. The minimum Gasteiger partial charge on any atom is -0.355 e. The van der Waals surface area contributed by atoms with Crippen molar-refractivity contribution in [3.05, 3.63) is 17.3 Å². The Hall–Kier alpha value is -1.65. The van der Waals surface area contributed by atoms with Gasteiger partial charge in [-0.2, -0.15) is 0 Å². The first-order chi connectivity index (χ1) is 13.6. The molecule has 5 heteroatoms. The molecule has 1 saturated heterocycles. The minimum absolute atomic E-state index is 0.00105. The molecule has 4 bridgehead atoms. The number of rotatable bonds is 4. The Kier molecular flexibility index (Phi) is 4.80. The smallest absolute Gasteiger partial charge is 0.272 e. The van der Waals surface area contributed by atoms with Crippen molar-refractivity contribution in [1.29, 1.82) is 0 Å². The summed E-state index contributed by atoms with van der Waals surface area (Å²) in [5.41, 5.74) is 1.58. The number of hydrogen-bond acceptors (Lipinski definition) is 4. The summed E-state index contributed by atoms with van der Waals surface area (Å²) in [5.74, 6) is 4.41. The topological polar surface area (TPSA) is 58.1 Å². The molecular formula is C23H34N4O. The van der Waals surface area contributed by atoms with Gasteiger partial charge >= 0.3 is 0 Å². The second kappa shape index (κ2) is 7.31. The van der Waals surface area contributed by atoms with Gasteiger partial charge in [-0.3, -0.25) is 4.79 Å². The molecule has 1 aromatic rings. The van der Waals surface area contributed by atoms with Gasteiger partial charge in [0.2, 0.25) is 0 Å². The summed E-state index contributed by atoms with van der Waals surface area (Å²) in [4.78, 5) is 15.5. The largest absolute Gasteiger partial charge is 0.355 e. The van der Waals surface area contributed by atoms with Crippen molar-refractivity contribution in [2.75, 3.05) is 18.0 Å². The van der Waals surface area contributed by atoms with Crippen LogP contribution in [0.3, 0.4) is 0 Å². The van der Waals surface area contributed by atoms with Crippen molar-refractivity contribution in [2.45, 2.75) is 77.2 Å². The summed E-state index contributed by atoms with van der Waals surface area (Å²) in [6, 6.07) is 2.47. The van der Waals surface area contributed by atoms with E-state index in [1.165, 1.54) is 51.4 Å². The molecule has 0 atom stereocenters. The lowest BCUT2D eigenvalue weighted by Gasteiger charge is -2.54. The number of carbonyl (C=O) groups is 1. The number of nitrogens with one attached hydrogen (secondary N) is 1. The molecule has 5 fully saturated rings. The highest BCUT2D eigenvalue weighted by atomic mass is 16.2. The maximum absolute atomic E-state index is 13.2. The first-order valence-corrected chi connectivity index (χ1v) is 11.5. The van der Waals surface area contributed by atoms with Gasteiger partial charge in [-0.05, 0) is 92.6 Å². The van der Waals surface area contributed by atoms with Gasteiger partial charge < -0.3 is 10.2 Å². The summed E-state index contributed by atoms with van der Waals surface area (Å²) < 4.78 is 0. The molecule has 4 aliphatic carbocycles. The van der Waals surface area contributed by atoms with E-state index in [1.807, 2.05) is 0 Å². The molecule has 4 saturated carbocycles. The lowest BCUT2D eigenvalue weighted by molar-refractivity contribution is -0.0120. The third-order valence-corrected chi connectivity index (χ3v) is 7.85. The maximum atomic E-state index is 13.2. The lowest BCUT2D eigenvalue weighted by Crippen LogP contribution is -2.56. The fourth-order valence-corrected chi connectivity index (χ4v) is 6.67. The fraction of sp³-hybridized carbons (Fsp3) is 0.783. The minimum atomic E-state index is -0.00105. The van der Waals surface area contributed by atoms with Crippen LogP contribution in [0.5, 0.6) is 0 Å². The first kappa shape index (κ1) is 18.4. The molecule has 152 valence electrons. The van der Waals surface area contributed by atoms with Gasteiger partial charge in [0, 0.05) is 19.1 Å². The number of piperidine rings is 1. The van der Waals surface area contributed by atoms with Crippen LogP contribution in [0.15, 0.2) is 6.07 Å². The second-order valence-electron chi connectivity index (χ2n) is 10.1. The zero-order valence-electron chi connectivity index (χ0n) is 17.4. The van der Waals surface area contributed by atoms with Gasteiger partial charge in [0.15, 0.2) is 11.5 Å². The Bertz CT molecular complexity index is 712. The standard InChI is InChI=1S/C23H34N4O/c1-14(2)19-13-20(27-6-4-3-5-7-27)25-26-22(19)23(28)24-21-17-9-15-8-16(11-17)12-18(21)10-15/h13-18,21H,3-12H2,1-2H3,(H,24,28). The summed E-state index contributed by atoms with van der Waals surface area (Å²) in [6.45, 7) is 6.39. The predicted molar refractivity (Wildman–Crippen MR) is 110 cm³/mol. The van der Waals surface area contributed by atoms with E-state index in [1.54, 1.807) is 0 Å². The van der Waals surface area contributed by atoms with Gasteiger partial charge in [-0.1, -0.05) is 13.8 Å². The van der Waals surface area contributed by atoms with Crippen LogP contribution in [-0.2, 0) is 0 Å². The third kappa shape index (κ3) is 3.31. The molecule has 1 aliphatic heterocycles. The van der Waals surface area contributed by atoms with Crippen LogP contribution in [0.4, 0.5) is 5.82 Å². The monoisotopic (exact) mass is 382 g/mol. The molecule has 5 nitrogen and oxygen atoms in total. The second-order valence-corrected chi connectivity index (χ2v) is 10.1. The highest BCUT2D eigenvalue weighted by molar-refractivity contribution is 5.94. The number of aromatic nitrogens is 2. The molecule has 5 aliphatic rings. The van der Waals surface area contributed by atoms with Crippen molar-refractivity contribution < 1.29 is 4.79 Å². The normalized spacial score (nSPS) is 34.1.